The zero-order valence-electron chi connectivity index (χ0n) is 13.4. The summed E-state index contributed by atoms with van der Waals surface area (Å²) in [5.74, 6) is 0.731. The summed E-state index contributed by atoms with van der Waals surface area (Å²) in [4.78, 5) is 14.0. The molecule has 0 radical (unpaired) electrons. The number of aromatic nitrogens is 6. The number of hydrogen-bond donors (Lipinski definition) is 0. The summed E-state index contributed by atoms with van der Waals surface area (Å²) in [6, 6.07) is 0. The highest BCUT2D eigenvalue weighted by Gasteiger charge is 2.26. The van der Waals surface area contributed by atoms with E-state index in [1.54, 1.807) is 15.6 Å². The molecule has 0 atom stereocenters. The molecule has 2 aromatic rings. The molecule has 0 saturated carbocycles. The Hall–Kier alpha value is -2.29. The van der Waals surface area contributed by atoms with E-state index >= 15 is 0 Å². The molecule has 9 heteroatoms. The Morgan fingerprint density at radius 1 is 1.35 bits per heavy atom. The van der Waals surface area contributed by atoms with Crippen molar-refractivity contribution in [3.05, 3.63) is 18.1 Å². The maximum atomic E-state index is 11.7. The molecule has 0 amide bonds. The molecule has 1 saturated heterocycles. The molecular formula is C14H21N7O2. The van der Waals surface area contributed by atoms with Gasteiger partial charge in [0.2, 0.25) is 0 Å². The lowest BCUT2D eigenvalue weighted by molar-refractivity contribution is -0.149. The molecule has 2 aromatic heterocycles. The SMILES string of the molecule is CCOC(=O)C1CCN(Cc2cn(-c3cnnn3C)nn2)CC1. The van der Waals surface area contributed by atoms with Crippen molar-refractivity contribution in [1.29, 1.82) is 0 Å². The Kier molecular flexibility index (Phi) is 4.65. The highest BCUT2D eigenvalue weighted by Crippen LogP contribution is 2.20. The zero-order valence-corrected chi connectivity index (χ0v) is 13.4. The summed E-state index contributed by atoms with van der Waals surface area (Å²) in [5.41, 5.74) is 0.890. The fraction of sp³-hybridized carbons (Fsp3) is 0.643. The summed E-state index contributed by atoms with van der Waals surface area (Å²) in [7, 11) is 1.81. The van der Waals surface area contributed by atoms with Crippen LogP contribution in [-0.2, 0) is 23.1 Å². The molecule has 23 heavy (non-hydrogen) atoms. The van der Waals surface area contributed by atoms with Crippen LogP contribution in [0.3, 0.4) is 0 Å². The minimum Gasteiger partial charge on any atom is -0.466 e. The molecule has 3 rings (SSSR count). The highest BCUT2D eigenvalue weighted by atomic mass is 16.5. The third-order valence-corrected chi connectivity index (χ3v) is 4.06. The second-order valence-electron chi connectivity index (χ2n) is 5.67. The molecule has 0 aromatic carbocycles. The van der Waals surface area contributed by atoms with Crippen LogP contribution < -0.4 is 0 Å². The number of hydrogen-bond acceptors (Lipinski definition) is 7. The van der Waals surface area contributed by atoms with Crippen molar-refractivity contribution < 1.29 is 9.53 Å². The fourth-order valence-corrected chi connectivity index (χ4v) is 2.79. The lowest BCUT2D eigenvalue weighted by atomic mass is 9.97. The van der Waals surface area contributed by atoms with E-state index in [1.807, 2.05) is 20.2 Å². The third kappa shape index (κ3) is 3.55. The van der Waals surface area contributed by atoms with Crippen LogP contribution in [0.1, 0.15) is 25.5 Å². The third-order valence-electron chi connectivity index (χ3n) is 4.06. The second kappa shape index (κ2) is 6.86. The van der Waals surface area contributed by atoms with Gasteiger partial charge in [0.25, 0.3) is 0 Å². The van der Waals surface area contributed by atoms with Gasteiger partial charge in [-0.2, -0.15) is 0 Å². The molecule has 0 aliphatic carbocycles. The smallest absolute Gasteiger partial charge is 0.309 e. The van der Waals surface area contributed by atoms with E-state index in [0.717, 1.165) is 44.0 Å². The predicted molar refractivity (Wildman–Crippen MR) is 80.6 cm³/mol. The van der Waals surface area contributed by atoms with Gasteiger partial charge in [0.15, 0.2) is 5.82 Å². The number of carbonyl (C=O) groups is 1. The summed E-state index contributed by atoms with van der Waals surface area (Å²) >= 11 is 0. The van der Waals surface area contributed by atoms with E-state index in [-0.39, 0.29) is 11.9 Å². The van der Waals surface area contributed by atoms with Crippen molar-refractivity contribution in [2.45, 2.75) is 26.3 Å². The molecule has 9 nitrogen and oxygen atoms in total. The fourth-order valence-electron chi connectivity index (χ4n) is 2.79. The Bertz CT molecular complexity index is 658. The van der Waals surface area contributed by atoms with E-state index in [2.05, 4.69) is 25.5 Å². The minimum absolute atomic E-state index is 0.0300. The van der Waals surface area contributed by atoms with Gasteiger partial charge in [0.1, 0.15) is 0 Å². The van der Waals surface area contributed by atoms with E-state index in [9.17, 15) is 4.79 Å². The first-order valence-electron chi connectivity index (χ1n) is 7.82. The monoisotopic (exact) mass is 319 g/mol. The number of ether oxygens (including phenoxy) is 1. The van der Waals surface area contributed by atoms with Gasteiger partial charge in [0, 0.05) is 13.6 Å². The van der Waals surface area contributed by atoms with Crippen LogP contribution in [-0.4, -0.2) is 60.6 Å². The van der Waals surface area contributed by atoms with Crippen LogP contribution in [0.2, 0.25) is 0 Å². The van der Waals surface area contributed by atoms with Gasteiger partial charge in [-0.15, -0.1) is 10.2 Å². The molecule has 0 unspecified atom stereocenters. The standard InChI is InChI=1S/C14H21N7O2/c1-3-23-14(22)11-4-6-20(7-5-11)9-12-10-21(18-16-12)13-8-15-17-19(13)2/h8,10-11H,3-7,9H2,1-2H3. The van der Waals surface area contributed by atoms with Gasteiger partial charge >= 0.3 is 5.97 Å². The topological polar surface area (TPSA) is 91.0 Å². The first-order chi connectivity index (χ1) is 11.2. The summed E-state index contributed by atoms with van der Waals surface area (Å²) < 4.78 is 8.40. The van der Waals surface area contributed by atoms with E-state index < -0.39 is 0 Å². The van der Waals surface area contributed by atoms with Crippen molar-refractivity contribution in [1.82, 2.24) is 34.9 Å². The number of likely N-dealkylation sites (tertiary alicyclic amines) is 1. The predicted octanol–water partition coefficient (Wildman–Crippen LogP) is 0.171. The zero-order chi connectivity index (χ0) is 16.2. The second-order valence-corrected chi connectivity index (χ2v) is 5.67. The van der Waals surface area contributed by atoms with Crippen molar-refractivity contribution in [2.75, 3.05) is 19.7 Å². The van der Waals surface area contributed by atoms with Crippen LogP contribution in [0.5, 0.6) is 0 Å². The number of esters is 1. The van der Waals surface area contributed by atoms with Gasteiger partial charge in [-0.25, -0.2) is 9.36 Å². The highest BCUT2D eigenvalue weighted by molar-refractivity contribution is 5.72. The molecule has 3 heterocycles. The van der Waals surface area contributed by atoms with Gasteiger partial charge in [-0.3, -0.25) is 9.69 Å². The quantitative estimate of drug-likeness (QED) is 0.726. The van der Waals surface area contributed by atoms with Crippen LogP contribution in [0.15, 0.2) is 12.4 Å². The van der Waals surface area contributed by atoms with E-state index in [4.69, 9.17) is 4.74 Å². The maximum absolute atomic E-state index is 11.7. The number of rotatable bonds is 5. The molecule has 0 N–H and O–H groups in total. The van der Waals surface area contributed by atoms with Crippen molar-refractivity contribution in [3.63, 3.8) is 0 Å². The van der Waals surface area contributed by atoms with Crippen LogP contribution in [0, 0.1) is 5.92 Å². The van der Waals surface area contributed by atoms with Gasteiger partial charge in [-0.1, -0.05) is 10.4 Å². The molecule has 0 bridgehead atoms. The average Bonchev–Trinajstić information content (AvgIpc) is 3.17. The molecular weight excluding hydrogens is 298 g/mol. The molecule has 1 aliphatic heterocycles. The van der Waals surface area contributed by atoms with Crippen LogP contribution >= 0.6 is 0 Å². The van der Waals surface area contributed by atoms with Crippen LogP contribution in [0.25, 0.3) is 5.82 Å². The van der Waals surface area contributed by atoms with E-state index in [1.165, 1.54) is 0 Å². The first kappa shape index (κ1) is 15.6. The maximum Gasteiger partial charge on any atom is 0.309 e. The summed E-state index contributed by atoms with van der Waals surface area (Å²) in [5, 5.41) is 16.0. The van der Waals surface area contributed by atoms with Crippen molar-refractivity contribution in [2.24, 2.45) is 13.0 Å². The Labute approximate surface area is 134 Å². The molecule has 124 valence electrons. The number of carbonyl (C=O) groups excluding carboxylic acids is 1. The molecule has 0 spiro atoms. The normalized spacial score (nSPS) is 16.6. The lowest BCUT2D eigenvalue weighted by Crippen LogP contribution is -2.36. The largest absolute Gasteiger partial charge is 0.466 e. The lowest BCUT2D eigenvalue weighted by Gasteiger charge is -2.29. The number of nitrogens with zero attached hydrogens (tertiary/aromatic N) is 7. The Morgan fingerprint density at radius 3 is 2.78 bits per heavy atom. The minimum atomic E-state index is -0.0678. The average molecular weight is 319 g/mol. The number of aryl methyl sites for hydroxylation is 1. The van der Waals surface area contributed by atoms with E-state index in [0.29, 0.717) is 6.61 Å². The van der Waals surface area contributed by atoms with Gasteiger partial charge < -0.3 is 4.74 Å². The van der Waals surface area contributed by atoms with Crippen molar-refractivity contribution in [3.8, 4) is 5.82 Å². The molecule has 1 aliphatic rings. The van der Waals surface area contributed by atoms with Crippen molar-refractivity contribution >= 4 is 5.97 Å². The number of piperidine rings is 1. The molecule has 1 fully saturated rings. The van der Waals surface area contributed by atoms with Crippen LogP contribution in [0.4, 0.5) is 0 Å². The summed E-state index contributed by atoms with van der Waals surface area (Å²) in [6.07, 6.45) is 5.19. The summed E-state index contributed by atoms with van der Waals surface area (Å²) in [6.45, 7) is 4.74. The Morgan fingerprint density at radius 2 is 2.13 bits per heavy atom. The Balaban J connectivity index is 1.54. The van der Waals surface area contributed by atoms with Gasteiger partial charge in [-0.05, 0) is 32.9 Å². The first-order valence-corrected chi connectivity index (χ1v) is 7.82. The van der Waals surface area contributed by atoms with Gasteiger partial charge in [0.05, 0.1) is 30.6 Å².